The van der Waals surface area contributed by atoms with Crippen LogP contribution in [0.4, 0.5) is 0 Å². The molecule has 1 aromatic carbocycles. The van der Waals surface area contributed by atoms with E-state index in [9.17, 15) is 9.59 Å². The quantitative estimate of drug-likeness (QED) is 0.680. The topological polar surface area (TPSA) is 49.9 Å². The molecule has 2 saturated carbocycles. The number of carbonyl (C=O) groups is 2. The molecule has 0 radical (unpaired) electrons. The summed E-state index contributed by atoms with van der Waals surface area (Å²) < 4.78 is 6.58. The van der Waals surface area contributed by atoms with E-state index in [1.54, 1.807) is 0 Å². The van der Waals surface area contributed by atoms with Crippen LogP contribution in [0.15, 0.2) is 24.3 Å². The lowest BCUT2D eigenvalue weighted by atomic mass is 9.90. The molecule has 2 atom stereocenters. The highest BCUT2D eigenvalue weighted by Gasteiger charge is 2.40. The Hall–Kier alpha value is -2.04. The molecule has 1 aromatic rings. The molecule has 2 fully saturated rings. The van der Waals surface area contributed by atoms with Gasteiger partial charge in [-0.3, -0.25) is 9.59 Å². The van der Waals surface area contributed by atoms with E-state index in [1.165, 1.54) is 0 Å². The van der Waals surface area contributed by atoms with Crippen LogP contribution >= 0.6 is 0 Å². The van der Waals surface area contributed by atoms with Crippen LogP contribution in [0.2, 0.25) is 0 Å². The van der Waals surface area contributed by atoms with Crippen molar-refractivity contribution in [1.82, 2.24) is 9.80 Å². The summed E-state index contributed by atoms with van der Waals surface area (Å²) in [6, 6.07) is 7.83. The van der Waals surface area contributed by atoms with Gasteiger partial charge in [0.25, 0.3) is 5.91 Å². The number of ether oxygens (including phenoxy) is 1. The Kier molecular flexibility index (Phi) is 7.52. The van der Waals surface area contributed by atoms with E-state index in [0.29, 0.717) is 17.2 Å². The van der Waals surface area contributed by atoms with Crippen molar-refractivity contribution < 1.29 is 14.3 Å². The molecule has 0 aromatic heterocycles. The van der Waals surface area contributed by atoms with Gasteiger partial charge in [0.05, 0.1) is 11.6 Å². The van der Waals surface area contributed by atoms with Gasteiger partial charge in [-0.25, -0.2) is 0 Å². The van der Waals surface area contributed by atoms with Gasteiger partial charge in [-0.2, -0.15) is 0 Å². The molecule has 1 aliphatic heterocycles. The number of hydrogen-bond donors (Lipinski definition) is 0. The molecule has 5 nitrogen and oxygen atoms in total. The Labute approximate surface area is 187 Å². The van der Waals surface area contributed by atoms with Crippen LogP contribution in [0.1, 0.15) is 87.9 Å². The minimum Gasteiger partial charge on any atom is -0.487 e. The average Bonchev–Trinajstić information content (AvgIpc) is 3.63. The number of para-hydroxylation sites is 1. The summed E-state index contributed by atoms with van der Waals surface area (Å²) in [4.78, 5) is 30.7. The fraction of sp³-hybridized carbons (Fsp3) is 0.692. The second-order valence-electron chi connectivity index (χ2n) is 9.52. The summed E-state index contributed by atoms with van der Waals surface area (Å²) >= 11 is 0. The first-order valence-corrected chi connectivity index (χ1v) is 12.5. The zero-order valence-electron chi connectivity index (χ0n) is 19.1. The molecule has 0 saturated heterocycles. The second kappa shape index (κ2) is 10.5. The third kappa shape index (κ3) is 5.42. The molecule has 0 N–H and O–H groups in total. The summed E-state index contributed by atoms with van der Waals surface area (Å²) in [5.41, 5.74) is 0.664. The van der Waals surface area contributed by atoms with Crippen LogP contribution in [0.25, 0.3) is 0 Å². The zero-order chi connectivity index (χ0) is 21.6. The number of carbonyl (C=O) groups excluding carboxylic acids is 2. The Morgan fingerprint density at radius 2 is 1.71 bits per heavy atom. The molecule has 4 rings (SSSR count). The summed E-state index contributed by atoms with van der Waals surface area (Å²) in [5.74, 6) is 1.33. The van der Waals surface area contributed by atoms with Gasteiger partial charge in [0.15, 0.2) is 0 Å². The smallest absolute Gasteiger partial charge is 0.257 e. The van der Waals surface area contributed by atoms with Gasteiger partial charge >= 0.3 is 0 Å². The first kappa shape index (κ1) is 22.2. The molecule has 31 heavy (non-hydrogen) atoms. The summed E-state index contributed by atoms with van der Waals surface area (Å²) in [5, 5.41) is 0. The summed E-state index contributed by atoms with van der Waals surface area (Å²) in [7, 11) is 0. The van der Waals surface area contributed by atoms with Crippen molar-refractivity contribution >= 4 is 11.8 Å². The molecule has 2 amide bonds. The second-order valence-corrected chi connectivity index (χ2v) is 9.52. The maximum absolute atomic E-state index is 13.4. The Morgan fingerprint density at radius 3 is 2.48 bits per heavy atom. The first-order valence-electron chi connectivity index (χ1n) is 12.5. The van der Waals surface area contributed by atoms with Crippen LogP contribution in [0.3, 0.4) is 0 Å². The van der Waals surface area contributed by atoms with Crippen LogP contribution in [0.5, 0.6) is 5.75 Å². The van der Waals surface area contributed by atoms with E-state index < -0.39 is 0 Å². The maximum Gasteiger partial charge on any atom is 0.257 e. The third-order valence-corrected chi connectivity index (χ3v) is 7.03. The third-order valence-electron chi connectivity index (χ3n) is 7.03. The fourth-order valence-corrected chi connectivity index (χ4v) is 5.18. The minimum atomic E-state index is -0.0343. The summed E-state index contributed by atoms with van der Waals surface area (Å²) in [6.07, 6.45) is 11.5. The van der Waals surface area contributed by atoms with Gasteiger partial charge < -0.3 is 14.5 Å². The van der Waals surface area contributed by atoms with Gasteiger partial charge in [-0.15, -0.1) is 0 Å². The van der Waals surface area contributed by atoms with Gasteiger partial charge in [0.1, 0.15) is 11.9 Å². The zero-order valence-corrected chi connectivity index (χ0v) is 19.1. The van der Waals surface area contributed by atoms with Crippen LogP contribution in [-0.2, 0) is 4.79 Å². The molecule has 0 spiro atoms. The molecule has 170 valence electrons. The fourth-order valence-electron chi connectivity index (χ4n) is 5.18. The van der Waals surface area contributed by atoms with E-state index in [4.69, 9.17) is 4.74 Å². The lowest BCUT2D eigenvalue weighted by molar-refractivity contribution is -0.138. The lowest BCUT2D eigenvalue weighted by Crippen LogP contribution is -2.51. The Balaban J connectivity index is 1.63. The van der Waals surface area contributed by atoms with Gasteiger partial charge in [-0.1, -0.05) is 38.3 Å². The highest BCUT2D eigenvalue weighted by molar-refractivity contribution is 5.97. The minimum absolute atomic E-state index is 0.0343. The molecule has 3 aliphatic rings. The predicted octanol–water partition coefficient (Wildman–Crippen LogP) is 5.04. The van der Waals surface area contributed by atoms with Crippen molar-refractivity contribution in [2.24, 2.45) is 5.92 Å². The van der Waals surface area contributed by atoms with E-state index in [-0.39, 0.29) is 24.0 Å². The molecule has 2 aliphatic carbocycles. The highest BCUT2D eigenvalue weighted by atomic mass is 16.5. The normalized spacial score (nSPS) is 25.8. The van der Waals surface area contributed by atoms with E-state index in [2.05, 4.69) is 11.8 Å². The summed E-state index contributed by atoms with van der Waals surface area (Å²) in [6.45, 7) is 4.54. The molecule has 1 heterocycles. The van der Waals surface area contributed by atoms with Crippen molar-refractivity contribution in [2.45, 2.75) is 89.7 Å². The number of benzene rings is 1. The molecule has 0 unspecified atom stereocenters. The molecular formula is C26H38N2O3. The van der Waals surface area contributed by atoms with Gasteiger partial charge in [0.2, 0.25) is 5.91 Å². The standard InChI is InChI=1S/C26H38N2O3/c1-2-17-27-18-9-3-4-10-19-28(25(29)20-15-16-20)22-12-6-8-14-24(22)31-23-13-7-5-11-21(23)26(27)30/h5,7,11,13,20,22,24H,2-4,6,8-10,12,14-19H2,1H3/t22-,24+/m1/s1. The highest BCUT2D eigenvalue weighted by Crippen LogP contribution is 2.36. The van der Waals surface area contributed by atoms with Gasteiger partial charge in [-0.05, 0) is 63.5 Å². The van der Waals surface area contributed by atoms with Crippen molar-refractivity contribution in [3.8, 4) is 5.75 Å². The van der Waals surface area contributed by atoms with Crippen LogP contribution < -0.4 is 4.74 Å². The van der Waals surface area contributed by atoms with E-state index in [0.717, 1.165) is 90.3 Å². The van der Waals surface area contributed by atoms with Crippen molar-refractivity contribution in [3.05, 3.63) is 29.8 Å². The SMILES string of the molecule is CCCN1CCCCCCN(C(=O)C2CC2)[C@@H]2CCCC[C@@H]2Oc2ccccc2C1=O. The lowest BCUT2D eigenvalue weighted by Gasteiger charge is -2.40. The predicted molar refractivity (Wildman–Crippen MR) is 122 cm³/mol. The van der Waals surface area contributed by atoms with Crippen LogP contribution in [0, 0.1) is 5.92 Å². The van der Waals surface area contributed by atoms with E-state index in [1.807, 2.05) is 29.2 Å². The monoisotopic (exact) mass is 426 g/mol. The number of nitrogens with zero attached hydrogens (tertiary/aromatic N) is 2. The Morgan fingerprint density at radius 1 is 0.968 bits per heavy atom. The number of fused-ring (bicyclic) bond motifs is 2. The van der Waals surface area contributed by atoms with Crippen molar-refractivity contribution in [2.75, 3.05) is 19.6 Å². The number of amides is 2. The number of rotatable bonds is 3. The largest absolute Gasteiger partial charge is 0.487 e. The maximum atomic E-state index is 13.4. The van der Waals surface area contributed by atoms with E-state index >= 15 is 0 Å². The Bertz CT molecular complexity index is 761. The molecule has 0 bridgehead atoms. The van der Waals surface area contributed by atoms with Gasteiger partial charge in [0, 0.05) is 25.6 Å². The van der Waals surface area contributed by atoms with Crippen molar-refractivity contribution in [1.29, 1.82) is 0 Å². The van der Waals surface area contributed by atoms with Crippen LogP contribution in [-0.4, -0.2) is 53.4 Å². The number of hydrogen-bond acceptors (Lipinski definition) is 3. The molecule has 5 heteroatoms. The molecular weight excluding hydrogens is 388 g/mol. The van der Waals surface area contributed by atoms with Crippen molar-refractivity contribution in [3.63, 3.8) is 0 Å². The first-order chi connectivity index (χ1) is 15.2. The average molecular weight is 427 g/mol.